The highest BCUT2D eigenvalue weighted by Crippen LogP contribution is 2.30. The van der Waals surface area contributed by atoms with E-state index >= 15 is 0 Å². The van der Waals surface area contributed by atoms with E-state index in [2.05, 4.69) is 0 Å². The Bertz CT molecular complexity index is 1530. The molecule has 0 heterocycles. The lowest BCUT2D eigenvalue weighted by Crippen LogP contribution is -2.30. The van der Waals surface area contributed by atoms with Gasteiger partial charge >= 0.3 is 5.97 Å². The second-order valence-electron chi connectivity index (χ2n) is 8.76. The van der Waals surface area contributed by atoms with Crippen molar-refractivity contribution in [2.24, 2.45) is 0 Å². The summed E-state index contributed by atoms with van der Waals surface area (Å²) in [7, 11) is 3.92. The molecule has 0 radical (unpaired) electrons. The third-order valence-electron chi connectivity index (χ3n) is 5.83. The van der Waals surface area contributed by atoms with Gasteiger partial charge in [0.25, 0.3) is 5.91 Å². The minimum atomic E-state index is -1.33. The molecule has 7 heteroatoms. The van der Waals surface area contributed by atoms with Crippen LogP contribution >= 0.6 is 11.6 Å². The standard InChI is InChI=1S/C31H26ClFN2O3/c1-34(2)27-13-11-22(12-14-27)24-9-10-25(29(32)18-24)20-35(31(38)23-6-4-3-5-7-23)28-17-21(8-15-30(36)37)16-26(33)19-28/h3-19H,20H2,1-2H3,(H,36,37)/b15-8+/i20D. The number of rotatable bonds is 8. The number of carboxylic acid groups (broad SMARTS) is 1. The predicted octanol–water partition coefficient (Wildman–Crippen LogP) is 7.16. The summed E-state index contributed by atoms with van der Waals surface area (Å²) in [5.41, 5.74) is 3.80. The van der Waals surface area contributed by atoms with Crippen LogP contribution in [0, 0.1) is 5.82 Å². The van der Waals surface area contributed by atoms with Gasteiger partial charge in [-0.15, -0.1) is 0 Å². The summed E-state index contributed by atoms with van der Waals surface area (Å²) < 4.78 is 23.7. The highest BCUT2D eigenvalue weighted by Gasteiger charge is 2.21. The summed E-state index contributed by atoms with van der Waals surface area (Å²) in [6.45, 7) is -1.33. The zero-order chi connectivity index (χ0) is 28.1. The molecular formula is C31H26ClFN2O3. The summed E-state index contributed by atoms with van der Waals surface area (Å²) >= 11 is 6.67. The van der Waals surface area contributed by atoms with Crippen LogP contribution in [0.4, 0.5) is 15.8 Å². The van der Waals surface area contributed by atoms with Gasteiger partial charge < -0.3 is 14.9 Å². The minimum Gasteiger partial charge on any atom is -0.478 e. The summed E-state index contributed by atoms with van der Waals surface area (Å²) in [6.07, 6.45) is 2.10. The molecule has 5 nitrogen and oxygen atoms in total. The molecule has 4 aromatic carbocycles. The van der Waals surface area contributed by atoms with Gasteiger partial charge in [-0.05, 0) is 76.9 Å². The molecule has 0 bridgehead atoms. The van der Waals surface area contributed by atoms with E-state index in [4.69, 9.17) is 18.1 Å². The van der Waals surface area contributed by atoms with Gasteiger partial charge in [0.2, 0.25) is 0 Å². The van der Waals surface area contributed by atoms with Crippen molar-refractivity contribution in [2.45, 2.75) is 6.52 Å². The van der Waals surface area contributed by atoms with Crippen LogP contribution in [-0.4, -0.2) is 31.1 Å². The molecule has 0 aliphatic rings. The highest BCUT2D eigenvalue weighted by molar-refractivity contribution is 6.31. The molecule has 1 unspecified atom stereocenters. The first-order valence-corrected chi connectivity index (χ1v) is 12.1. The Morgan fingerprint density at radius 1 is 0.921 bits per heavy atom. The first-order chi connectivity index (χ1) is 18.6. The summed E-state index contributed by atoms with van der Waals surface area (Å²) in [6, 6.07) is 25.3. The van der Waals surface area contributed by atoms with Crippen LogP contribution in [0.2, 0.25) is 5.02 Å². The van der Waals surface area contributed by atoms with E-state index in [9.17, 15) is 14.0 Å². The van der Waals surface area contributed by atoms with Crippen LogP contribution in [-0.2, 0) is 11.3 Å². The summed E-state index contributed by atoms with van der Waals surface area (Å²) in [5.74, 6) is -2.41. The van der Waals surface area contributed by atoms with Crippen LogP contribution in [0.3, 0.4) is 0 Å². The van der Waals surface area contributed by atoms with Crippen molar-refractivity contribution in [1.29, 1.82) is 0 Å². The molecule has 0 saturated carbocycles. The molecular weight excluding hydrogens is 503 g/mol. The quantitative estimate of drug-likeness (QED) is 0.246. The monoisotopic (exact) mass is 529 g/mol. The van der Waals surface area contributed by atoms with Crippen molar-refractivity contribution in [2.75, 3.05) is 23.9 Å². The number of carboxylic acids is 1. The number of hydrogen-bond acceptors (Lipinski definition) is 3. The van der Waals surface area contributed by atoms with Crippen molar-refractivity contribution in [3.8, 4) is 11.1 Å². The van der Waals surface area contributed by atoms with Gasteiger partial charge in [-0.1, -0.05) is 54.1 Å². The number of hydrogen-bond donors (Lipinski definition) is 1. The van der Waals surface area contributed by atoms with Crippen LogP contribution in [0.5, 0.6) is 0 Å². The van der Waals surface area contributed by atoms with Crippen LogP contribution in [0.15, 0.2) is 97.1 Å². The number of carbonyl (C=O) groups is 2. The molecule has 1 atom stereocenters. The first kappa shape index (κ1) is 25.2. The Labute approximate surface area is 227 Å². The zero-order valence-electron chi connectivity index (χ0n) is 21.8. The van der Waals surface area contributed by atoms with E-state index in [1.807, 2.05) is 49.3 Å². The van der Waals surface area contributed by atoms with Gasteiger partial charge in [0.15, 0.2) is 0 Å². The Balaban J connectivity index is 1.76. The van der Waals surface area contributed by atoms with Gasteiger partial charge in [-0.25, -0.2) is 9.18 Å². The van der Waals surface area contributed by atoms with E-state index in [-0.39, 0.29) is 16.3 Å². The van der Waals surface area contributed by atoms with Crippen molar-refractivity contribution in [3.05, 3.63) is 125 Å². The molecule has 0 aliphatic heterocycles. The number of nitrogens with zero attached hydrogens (tertiary/aromatic N) is 2. The van der Waals surface area contributed by atoms with Crippen LogP contribution < -0.4 is 9.80 Å². The maximum Gasteiger partial charge on any atom is 0.328 e. The van der Waals surface area contributed by atoms with E-state index in [0.717, 1.165) is 39.9 Å². The maximum atomic E-state index is 14.6. The van der Waals surface area contributed by atoms with Crippen LogP contribution in [0.1, 0.15) is 22.9 Å². The Kier molecular flexibility index (Phi) is 7.81. The van der Waals surface area contributed by atoms with Gasteiger partial charge in [0, 0.05) is 42.1 Å². The number of anilines is 2. The van der Waals surface area contributed by atoms with Crippen molar-refractivity contribution < 1.29 is 20.5 Å². The Morgan fingerprint density at radius 3 is 2.24 bits per heavy atom. The average molecular weight is 530 g/mol. The second-order valence-corrected chi connectivity index (χ2v) is 9.17. The topological polar surface area (TPSA) is 60.9 Å². The number of carbonyl (C=O) groups excluding carboxylic acids is 1. The lowest BCUT2D eigenvalue weighted by molar-refractivity contribution is -0.131. The zero-order valence-corrected chi connectivity index (χ0v) is 21.6. The lowest BCUT2D eigenvalue weighted by atomic mass is 10.0. The molecule has 1 amide bonds. The third kappa shape index (κ3) is 6.47. The molecule has 192 valence electrons. The van der Waals surface area contributed by atoms with E-state index in [1.165, 1.54) is 12.1 Å². The molecule has 0 fully saturated rings. The molecule has 4 rings (SSSR count). The van der Waals surface area contributed by atoms with Gasteiger partial charge in [0.1, 0.15) is 5.82 Å². The molecule has 0 spiro atoms. The third-order valence-corrected chi connectivity index (χ3v) is 6.15. The SMILES string of the molecule is [2H]C(c1ccc(-c2ccc(N(C)C)cc2)cc1Cl)N(C(=O)c1ccccc1)c1cc(F)cc(/C=C/C(=O)O)c1. The fraction of sp³-hybridized carbons (Fsp3) is 0.0968. The van der Waals surface area contributed by atoms with Crippen molar-refractivity contribution >= 4 is 40.9 Å². The summed E-state index contributed by atoms with van der Waals surface area (Å²) in [5, 5.41) is 9.25. The van der Waals surface area contributed by atoms with E-state index < -0.39 is 24.2 Å². The molecule has 0 aromatic heterocycles. The summed E-state index contributed by atoms with van der Waals surface area (Å²) in [4.78, 5) is 27.8. The number of aliphatic carboxylic acids is 1. The number of halogens is 2. The maximum absolute atomic E-state index is 14.6. The molecule has 38 heavy (non-hydrogen) atoms. The predicted molar refractivity (Wildman–Crippen MR) is 151 cm³/mol. The van der Waals surface area contributed by atoms with Gasteiger partial charge in [-0.2, -0.15) is 0 Å². The normalized spacial score (nSPS) is 12.2. The fourth-order valence-electron chi connectivity index (χ4n) is 3.87. The lowest BCUT2D eigenvalue weighted by Gasteiger charge is -2.24. The van der Waals surface area contributed by atoms with E-state index in [1.54, 1.807) is 42.5 Å². The molecule has 4 aromatic rings. The van der Waals surface area contributed by atoms with E-state index in [0.29, 0.717) is 11.1 Å². The Morgan fingerprint density at radius 2 is 1.61 bits per heavy atom. The van der Waals surface area contributed by atoms with Gasteiger partial charge in [-0.3, -0.25) is 4.79 Å². The number of amides is 1. The molecule has 1 N–H and O–H groups in total. The largest absolute Gasteiger partial charge is 0.478 e. The smallest absolute Gasteiger partial charge is 0.328 e. The first-order valence-electron chi connectivity index (χ1n) is 12.3. The fourth-order valence-corrected chi connectivity index (χ4v) is 4.10. The van der Waals surface area contributed by atoms with Gasteiger partial charge in [0.05, 0.1) is 7.89 Å². The molecule has 0 aliphatic carbocycles. The van der Waals surface area contributed by atoms with Crippen LogP contribution in [0.25, 0.3) is 17.2 Å². The Hall–Kier alpha value is -4.42. The minimum absolute atomic E-state index is 0.0910. The van der Waals surface area contributed by atoms with Crippen molar-refractivity contribution in [3.63, 3.8) is 0 Å². The average Bonchev–Trinajstić information content (AvgIpc) is 2.92. The number of benzene rings is 4. The molecule has 0 saturated heterocycles. The highest BCUT2D eigenvalue weighted by atomic mass is 35.5. The second kappa shape index (κ2) is 11.8. The van der Waals surface area contributed by atoms with Crippen molar-refractivity contribution in [1.82, 2.24) is 0 Å².